The fourth-order valence-corrected chi connectivity index (χ4v) is 3.90. The number of carbonyl (C=O) groups excluding carboxylic acids is 2. The Morgan fingerprint density at radius 3 is 2.53 bits per heavy atom. The molecule has 7 heteroatoms. The Hall–Kier alpha value is -2.38. The van der Waals surface area contributed by atoms with E-state index in [1.165, 1.54) is 5.56 Å². The van der Waals surface area contributed by atoms with Crippen molar-refractivity contribution >= 4 is 33.4 Å². The average molecular weight is 474 g/mol. The van der Waals surface area contributed by atoms with Crippen LogP contribution in [0.5, 0.6) is 5.75 Å². The maximum absolute atomic E-state index is 12.1. The molecule has 3 N–H and O–H groups in total. The van der Waals surface area contributed by atoms with Crippen LogP contribution in [0.2, 0.25) is 0 Å². The highest BCUT2D eigenvalue weighted by Crippen LogP contribution is 2.19. The molecular formula is C23H28BrN3O3. The van der Waals surface area contributed by atoms with Crippen LogP contribution in [0.15, 0.2) is 53.0 Å². The number of primary amides is 1. The second-order valence-electron chi connectivity index (χ2n) is 7.57. The number of amides is 2. The van der Waals surface area contributed by atoms with Crippen LogP contribution in [0.25, 0.3) is 0 Å². The van der Waals surface area contributed by atoms with Gasteiger partial charge in [-0.1, -0.05) is 34.1 Å². The third-order valence-electron chi connectivity index (χ3n) is 5.34. The van der Waals surface area contributed by atoms with Crippen LogP contribution in [-0.4, -0.2) is 43.0 Å². The lowest BCUT2D eigenvalue weighted by atomic mass is 9.96. The Morgan fingerprint density at radius 2 is 1.87 bits per heavy atom. The zero-order valence-corrected chi connectivity index (χ0v) is 18.6. The molecule has 3 rings (SSSR count). The SMILES string of the molecule is NC(=O)C1CCN(CCc2ccc(NC(=O)CCOc3cccc(Br)c3)cc2)CC1. The summed E-state index contributed by atoms with van der Waals surface area (Å²) in [5.74, 6) is 0.520. The number of nitrogens with one attached hydrogen (secondary N) is 1. The molecular weight excluding hydrogens is 446 g/mol. The van der Waals surface area contributed by atoms with E-state index in [0.717, 1.165) is 54.8 Å². The number of hydrogen-bond donors (Lipinski definition) is 2. The Kier molecular flexibility index (Phi) is 8.28. The first-order valence-electron chi connectivity index (χ1n) is 10.3. The number of carbonyl (C=O) groups is 2. The van der Waals surface area contributed by atoms with Gasteiger partial charge in [0.2, 0.25) is 11.8 Å². The van der Waals surface area contributed by atoms with Crippen molar-refractivity contribution in [2.75, 3.05) is 31.6 Å². The highest BCUT2D eigenvalue weighted by Gasteiger charge is 2.22. The van der Waals surface area contributed by atoms with Gasteiger partial charge in [-0.3, -0.25) is 9.59 Å². The molecule has 1 saturated heterocycles. The summed E-state index contributed by atoms with van der Waals surface area (Å²) >= 11 is 3.40. The number of nitrogens with two attached hydrogens (primary N) is 1. The molecule has 160 valence electrons. The molecule has 0 aromatic heterocycles. The predicted molar refractivity (Wildman–Crippen MR) is 121 cm³/mol. The third-order valence-corrected chi connectivity index (χ3v) is 5.83. The molecule has 0 unspecified atom stereocenters. The van der Waals surface area contributed by atoms with Crippen LogP contribution in [0.3, 0.4) is 0 Å². The highest BCUT2D eigenvalue weighted by molar-refractivity contribution is 9.10. The minimum atomic E-state index is -0.174. The van der Waals surface area contributed by atoms with Gasteiger partial charge in [0.05, 0.1) is 13.0 Å². The van der Waals surface area contributed by atoms with Gasteiger partial charge in [-0.15, -0.1) is 0 Å². The second kappa shape index (κ2) is 11.1. The van der Waals surface area contributed by atoms with E-state index < -0.39 is 0 Å². The van der Waals surface area contributed by atoms with Crippen LogP contribution in [-0.2, 0) is 16.0 Å². The van der Waals surface area contributed by atoms with Gasteiger partial charge in [-0.2, -0.15) is 0 Å². The van der Waals surface area contributed by atoms with Crippen molar-refractivity contribution in [3.63, 3.8) is 0 Å². The zero-order valence-electron chi connectivity index (χ0n) is 17.0. The lowest BCUT2D eigenvalue weighted by Gasteiger charge is -2.30. The summed E-state index contributed by atoms with van der Waals surface area (Å²) < 4.78 is 6.55. The minimum absolute atomic E-state index is 0.0316. The molecule has 2 aromatic rings. The van der Waals surface area contributed by atoms with Gasteiger partial charge in [0.25, 0.3) is 0 Å². The third kappa shape index (κ3) is 7.15. The molecule has 2 amide bonds. The van der Waals surface area contributed by atoms with Crippen LogP contribution >= 0.6 is 15.9 Å². The Balaban J connectivity index is 1.36. The quantitative estimate of drug-likeness (QED) is 0.582. The van der Waals surface area contributed by atoms with E-state index in [2.05, 4.69) is 26.1 Å². The maximum Gasteiger partial charge on any atom is 0.227 e. The summed E-state index contributed by atoms with van der Waals surface area (Å²) in [4.78, 5) is 25.7. The molecule has 0 aliphatic carbocycles. The first-order chi connectivity index (χ1) is 14.5. The summed E-state index contributed by atoms with van der Waals surface area (Å²) in [7, 11) is 0. The van der Waals surface area contributed by atoms with Crippen LogP contribution in [0.4, 0.5) is 5.69 Å². The number of ether oxygens (including phenoxy) is 1. The molecule has 0 bridgehead atoms. The summed E-state index contributed by atoms with van der Waals surface area (Å²) in [6.45, 7) is 3.13. The zero-order chi connectivity index (χ0) is 21.3. The average Bonchev–Trinajstić information content (AvgIpc) is 2.73. The number of likely N-dealkylation sites (tertiary alicyclic amines) is 1. The van der Waals surface area contributed by atoms with Crippen molar-refractivity contribution in [3.8, 4) is 5.75 Å². The summed E-state index contributed by atoms with van der Waals surface area (Å²) in [6, 6.07) is 15.5. The second-order valence-corrected chi connectivity index (χ2v) is 8.48. The molecule has 0 saturated carbocycles. The van der Waals surface area contributed by atoms with E-state index in [4.69, 9.17) is 10.5 Å². The number of nitrogens with zero attached hydrogens (tertiary/aromatic N) is 1. The monoisotopic (exact) mass is 473 g/mol. The van der Waals surface area contributed by atoms with E-state index in [9.17, 15) is 9.59 Å². The smallest absolute Gasteiger partial charge is 0.227 e. The molecule has 2 aromatic carbocycles. The first kappa shape index (κ1) is 22.3. The number of benzene rings is 2. The number of rotatable bonds is 9. The molecule has 6 nitrogen and oxygen atoms in total. The lowest BCUT2D eigenvalue weighted by molar-refractivity contribution is -0.123. The van der Waals surface area contributed by atoms with E-state index >= 15 is 0 Å². The van der Waals surface area contributed by atoms with Gasteiger partial charge in [-0.05, 0) is 68.2 Å². The van der Waals surface area contributed by atoms with Crippen molar-refractivity contribution in [2.45, 2.75) is 25.7 Å². The number of halogens is 1. The molecule has 1 heterocycles. The van der Waals surface area contributed by atoms with Crippen molar-refractivity contribution in [1.82, 2.24) is 4.90 Å². The Bertz CT molecular complexity index is 849. The number of anilines is 1. The van der Waals surface area contributed by atoms with Gasteiger partial charge < -0.3 is 20.7 Å². The molecule has 30 heavy (non-hydrogen) atoms. The Labute approximate surface area is 185 Å². The normalized spacial score (nSPS) is 15.0. The first-order valence-corrected chi connectivity index (χ1v) is 11.1. The van der Waals surface area contributed by atoms with Crippen LogP contribution in [0, 0.1) is 5.92 Å². The van der Waals surface area contributed by atoms with Crippen LogP contribution < -0.4 is 15.8 Å². The molecule has 0 radical (unpaired) electrons. The van der Waals surface area contributed by atoms with E-state index in [0.29, 0.717) is 6.61 Å². The molecule has 1 aliphatic rings. The fraction of sp³-hybridized carbons (Fsp3) is 0.391. The fourth-order valence-electron chi connectivity index (χ4n) is 3.52. The minimum Gasteiger partial charge on any atom is -0.493 e. The summed E-state index contributed by atoms with van der Waals surface area (Å²) in [5.41, 5.74) is 7.40. The predicted octanol–water partition coefficient (Wildman–Crippen LogP) is 3.60. The highest BCUT2D eigenvalue weighted by atomic mass is 79.9. The van der Waals surface area contributed by atoms with Gasteiger partial charge in [0, 0.05) is 22.6 Å². The van der Waals surface area contributed by atoms with Crippen LogP contribution in [0.1, 0.15) is 24.8 Å². The van der Waals surface area contributed by atoms with Crippen molar-refractivity contribution in [3.05, 3.63) is 58.6 Å². The maximum atomic E-state index is 12.1. The summed E-state index contributed by atoms with van der Waals surface area (Å²) in [5, 5.41) is 2.91. The van der Waals surface area contributed by atoms with Gasteiger partial charge in [0.15, 0.2) is 0 Å². The lowest BCUT2D eigenvalue weighted by Crippen LogP contribution is -2.39. The Morgan fingerprint density at radius 1 is 1.13 bits per heavy atom. The molecule has 1 aliphatic heterocycles. The largest absolute Gasteiger partial charge is 0.493 e. The van der Waals surface area contributed by atoms with E-state index in [1.807, 2.05) is 48.5 Å². The van der Waals surface area contributed by atoms with Crippen molar-refractivity contribution in [1.29, 1.82) is 0 Å². The topological polar surface area (TPSA) is 84.7 Å². The van der Waals surface area contributed by atoms with Gasteiger partial charge in [-0.25, -0.2) is 0 Å². The number of hydrogen-bond acceptors (Lipinski definition) is 4. The van der Waals surface area contributed by atoms with Gasteiger partial charge in [0.1, 0.15) is 5.75 Å². The standard InChI is InChI=1S/C23H28BrN3O3/c24-19-2-1-3-21(16-19)30-15-11-22(28)26-20-6-4-17(5-7-20)8-12-27-13-9-18(10-14-27)23(25)29/h1-7,16,18H,8-15H2,(H2,25,29)(H,26,28). The molecule has 1 fully saturated rings. The van der Waals surface area contributed by atoms with Gasteiger partial charge >= 0.3 is 0 Å². The van der Waals surface area contributed by atoms with E-state index in [-0.39, 0.29) is 24.2 Å². The van der Waals surface area contributed by atoms with E-state index in [1.54, 1.807) is 0 Å². The van der Waals surface area contributed by atoms with Crippen molar-refractivity contribution in [2.24, 2.45) is 11.7 Å². The molecule has 0 atom stereocenters. The van der Waals surface area contributed by atoms with Crippen molar-refractivity contribution < 1.29 is 14.3 Å². The summed E-state index contributed by atoms with van der Waals surface area (Å²) in [6.07, 6.45) is 2.93. The molecule has 0 spiro atoms. The number of piperidine rings is 1.